The van der Waals surface area contributed by atoms with E-state index in [4.69, 9.17) is 9.47 Å². The van der Waals surface area contributed by atoms with Gasteiger partial charge < -0.3 is 19.3 Å². The lowest BCUT2D eigenvalue weighted by atomic mass is 10.1. The number of hydrogen-bond acceptors (Lipinski definition) is 4. The number of unbranched alkanes of at least 4 members (excludes halogenated alkanes) is 6. The SMILES string of the molecule is CCCCCCOc1cc(C#Cc2ccc(N(c3ccc(C)cc3)c3ccc(C)cc3)cc2)c(OCCCCCC)cc1C#Cc1ccc(N(c2ccc(C)cc2)c2ccc(C)cc2)cc1. The Morgan fingerprint density at radius 1 is 0.333 bits per heavy atom. The van der Waals surface area contributed by atoms with Crippen LogP contribution in [-0.2, 0) is 0 Å². The molecule has 0 aliphatic heterocycles. The van der Waals surface area contributed by atoms with Gasteiger partial charge in [0.1, 0.15) is 11.5 Å². The molecule has 0 unspecified atom stereocenters. The van der Waals surface area contributed by atoms with Crippen LogP contribution in [0.5, 0.6) is 11.5 Å². The first-order chi connectivity index (χ1) is 32.3. The first-order valence-corrected chi connectivity index (χ1v) is 23.8. The number of hydrogen-bond donors (Lipinski definition) is 0. The van der Waals surface area contributed by atoms with Crippen LogP contribution in [0.1, 0.15) is 110 Å². The molecule has 0 bridgehead atoms. The van der Waals surface area contributed by atoms with Crippen molar-refractivity contribution in [3.05, 3.63) is 202 Å². The second-order valence-electron chi connectivity index (χ2n) is 17.3. The second kappa shape index (κ2) is 23.7. The van der Waals surface area contributed by atoms with Gasteiger partial charge in [-0.25, -0.2) is 0 Å². The van der Waals surface area contributed by atoms with Gasteiger partial charge in [-0.1, -0.05) is 147 Å². The quantitative estimate of drug-likeness (QED) is 0.0634. The zero-order chi connectivity index (χ0) is 46.1. The fraction of sp³-hybridized carbons (Fsp3) is 0.258. The van der Waals surface area contributed by atoms with Crippen molar-refractivity contribution in [1.82, 2.24) is 0 Å². The van der Waals surface area contributed by atoms with Crippen LogP contribution in [0.15, 0.2) is 158 Å². The van der Waals surface area contributed by atoms with Crippen LogP contribution in [0.2, 0.25) is 0 Å². The topological polar surface area (TPSA) is 24.9 Å². The van der Waals surface area contributed by atoms with E-state index in [0.717, 1.165) is 93.6 Å². The molecule has 0 amide bonds. The van der Waals surface area contributed by atoms with Crippen LogP contribution in [0.4, 0.5) is 34.1 Å². The summed E-state index contributed by atoms with van der Waals surface area (Å²) in [6.07, 6.45) is 8.92. The van der Waals surface area contributed by atoms with Gasteiger partial charge >= 0.3 is 0 Å². The Labute approximate surface area is 395 Å². The van der Waals surface area contributed by atoms with Crippen LogP contribution in [-0.4, -0.2) is 13.2 Å². The molecule has 4 nitrogen and oxygen atoms in total. The van der Waals surface area contributed by atoms with Gasteiger partial charge in [0.25, 0.3) is 0 Å². The molecular weight excluding hydrogens is 805 g/mol. The lowest BCUT2D eigenvalue weighted by molar-refractivity contribution is 0.295. The third-order valence-electron chi connectivity index (χ3n) is 11.7. The van der Waals surface area contributed by atoms with Crippen LogP contribution in [0, 0.1) is 51.4 Å². The number of benzene rings is 7. The Morgan fingerprint density at radius 3 is 0.879 bits per heavy atom. The van der Waals surface area contributed by atoms with Crippen molar-refractivity contribution in [2.75, 3.05) is 23.0 Å². The van der Waals surface area contributed by atoms with E-state index in [9.17, 15) is 0 Å². The summed E-state index contributed by atoms with van der Waals surface area (Å²) in [4.78, 5) is 4.56. The van der Waals surface area contributed by atoms with Crippen molar-refractivity contribution in [3.8, 4) is 35.2 Å². The molecule has 0 aliphatic rings. The molecule has 0 saturated heterocycles. The Hall–Kier alpha value is -7.14. The third-order valence-corrected chi connectivity index (χ3v) is 11.7. The largest absolute Gasteiger partial charge is 0.492 e. The summed E-state index contributed by atoms with van der Waals surface area (Å²) >= 11 is 0. The predicted molar refractivity (Wildman–Crippen MR) is 279 cm³/mol. The average Bonchev–Trinajstić information content (AvgIpc) is 3.34. The van der Waals surface area contributed by atoms with Gasteiger partial charge in [0, 0.05) is 57.4 Å². The van der Waals surface area contributed by atoms with E-state index in [-0.39, 0.29) is 0 Å². The first-order valence-electron chi connectivity index (χ1n) is 23.8. The fourth-order valence-electron chi connectivity index (χ4n) is 7.75. The Morgan fingerprint density at radius 2 is 0.606 bits per heavy atom. The minimum Gasteiger partial charge on any atom is -0.492 e. The van der Waals surface area contributed by atoms with Gasteiger partial charge in [-0.3, -0.25) is 0 Å². The smallest absolute Gasteiger partial charge is 0.136 e. The van der Waals surface area contributed by atoms with Crippen molar-refractivity contribution in [3.63, 3.8) is 0 Å². The molecule has 0 fully saturated rings. The summed E-state index contributed by atoms with van der Waals surface area (Å²) in [5.74, 6) is 15.3. The second-order valence-corrected chi connectivity index (χ2v) is 17.3. The molecule has 7 aromatic rings. The van der Waals surface area contributed by atoms with E-state index in [0.29, 0.717) is 13.2 Å². The zero-order valence-corrected chi connectivity index (χ0v) is 39.8. The molecule has 0 aliphatic carbocycles. The van der Waals surface area contributed by atoms with E-state index in [1.807, 2.05) is 12.1 Å². The summed E-state index contributed by atoms with van der Waals surface area (Å²) in [6.45, 7) is 14.2. The standard InChI is InChI=1S/C62H64N2O2/c1-7-9-11-13-43-65-61-45-54(30-24-52-27-41-60(42-28-52)64(57-35-19-49(5)20-36-57)58-37-21-50(6)22-38-58)62(66-44-14-12-10-8-2)46-53(61)29-23-51-25-39-59(40-26-51)63(55-31-15-47(3)16-32-55)56-33-17-48(4)18-34-56/h15-22,25-28,31-42,45-46H,7-14,43-44H2,1-6H3. The zero-order valence-electron chi connectivity index (χ0n) is 39.8. The lowest BCUT2D eigenvalue weighted by Gasteiger charge is -2.25. The van der Waals surface area contributed by atoms with Crippen molar-refractivity contribution in [2.45, 2.75) is 92.9 Å². The highest BCUT2D eigenvalue weighted by Gasteiger charge is 2.15. The molecular formula is C62H64N2O2. The molecule has 7 aromatic carbocycles. The van der Waals surface area contributed by atoms with Gasteiger partial charge in [-0.05, 0) is 138 Å². The minimum absolute atomic E-state index is 0.612. The number of nitrogens with zero attached hydrogens (tertiary/aromatic N) is 2. The van der Waals surface area contributed by atoms with Crippen molar-refractivity contribution >= 4 is 34.1 Å². The van der Waals surface area contributed by atoms with Crippen LogP contribution < -0.4 is 19.3 Å². The monoisotopic (exact) mass is 868 g/mol. The minimum atomic E-state index is 0.612. The highest BCUT2D eigenvalue weighted by atomic mass is 16.5. The van der Waals surface area contributed by atoms with E-state index in [1.54, 1.807) is 0 Å². The maximum atomic E-state index is 6.55. The van der Waals surface area contributed by atoms with Crippen molar-refractivity contribution in [1.29, 1.82) is 0 Å². The molecule has 4 heteroatoms. The van der Waals surface area contributed by atoms with E-state index < -0.39 is 0 Å². The molecule has 0 radical (unpaired) electrons. The Balaban J connectivity index is 1.20. The molecule has 334 valence electrons. The van der Waals surface area contributed by atoms with Gasteiger partial charge in [0.15, 0.2) is 0 Å². The molecule has 0 saturated carbocycles. The van der Waals surface area contributed by atoms with Gasteiger partial charge in [0.05, 0.1) is 24.3 Å². The van der Waals surface area contributed by atoms with Gasteiger partial charge in [-0.15, -0.1) is 0 Å². The average molecular weight is 869 g/mol. The molecule has 0 spiro atoms. The number of ether oxygens (including phenoxy) is 2. The van der Waals surface area contributed by atoms with E-state index in [1.165, 1.54) is 47.9 Å². The summed E-state index contributed by atoms with van der Waals surface area (Å²) in [5.41, 5.74) is 14.9. The normalized spacial score (nSPS) is 10.6. The first kappa shape index (κ1) is 46.8. The maximum Gasteiger partial charge on any atom is 0.136 e. The molecule has 0 N–H and O–H groups in total. The summed E-state index contributed by atoms with van der Waals surface area (Å²) in [6, 6.07) is 55.7. The van der Waals surface area contributed by atoms with Crippen molar-refractivity contribution in [2.24, 2.45) is 0 Å². The highest BCUT2D eigenvalue weighted by molar-refractivity contribution is 5.78. The van der Waals surface area contributed by atoms with E-state index >= 15 is 0 Å². The predicted octanol–water partition coefficient (Wildman–Crippen LogP) is 16.6. The third kappa shape index (κ3) is 13.0. The molecule has 0 heterocycles. The van der Waals surface area contributed by atoms with E-state index in [2.05, 4.69) is 221 Å². The number of aryl methyl sites for hydroxylation is 4. The summed E-state index contributed by atoms with van der Waals surface area (Å²) in [7, 11) is 0. The molecule has 0 aromatic heterocycles. The van der Waals surface area contributed by atoms with Crippen LogP contribution in [0.25, 0.3) is 0 Å². The number of rotatable bonds is 18. The Kier molecular flexibility index (Phi) is 16.8. The highest BCUT2D eigenvalue weighted by Crippen LogP contribution is 2.37. The summed E-state index contributed by atoms with van der Waals surface area (Å²) in [5, 5.41) is 0. The van der Waals surface area contributed by atoms with Crippen molar-refractivity contribution < 1.29 is 9.47 Å². The van der Waals surface area contributed by atoms with Gasteiger partial charge in [-0.2, -0.15) is 0 Å². The lowest BCUT2D eigenvalue weighted by Crippen LogP contribution is -2.09. The number of anilines is 6. The molecule has 66 heavy (non-hydrogen) atoms. The van der Waals surface area contributed by atoms with Gasteiger partial charge in [0.2, 0.25) is 0 Å². The van der Waals surface area contributed by atoms with Crippen LogP contribution in [0.3, 0.4) is 0 Å². The van der Waals surface area contributed by atoms with Crippen LogP contribution >= 0.6 is 0 Å². The molecule has 0 atom stereocenters. The maximum absolute atomic E-state index is 6.55. The Bertz CT molecular complexity index is 2450. The summed E-state index contributed by atoms with van der Waals surface area (Å²) < 4.78 is 13.1. The molecule has 7 rings (SSSR count). The fourth-order valence-corrected chi connectivity index (χ4v) is 7.75.